The topological polar surface area (TPSA) is 104 Å². The van der Waals surface area contributed by atoms with Gasteiger partial charge in [0.25, 0.3) is 0 Å². The molecule has 0 atom stereocenters. The van der Waals surface area contributed by atoms with Crippen molar-refractivity contribution in [3.05, 3.63) is 24.3 Å². The smallest absolute Gasteiger partial charge is 0.317 e. The van der Waals surface area contributed by atoms with E-state index in [0.717, 1.165) is 5.69 Å². The third kappa shape index (κ3) is 3.69. The van der Waals surface area contributed by atoms with Gasteiger partial charge in [-0.05, 0) is 24.3 Å². The molecule has 8 heteroatoms. The van der Waals surface area contributed by atoms with Gasteiger partial charge >= 0.3 is 5.97 Å². The molecule has 1 aromatic carbocycles. The lowest BCUT2D eigenvalue weighted by Crippen LogP contribution is -2.47. The summed E-state index contributed by atoms with van der Waals surface area (Å²) in [7, 11) is -3.66. The minimum Gasteiger partial charge on any atom is -0.480 e. The van der Waals surface area contributed by atoms with Crippen LogP contribution < -0.4 is 10.0 Å². The summed E-state index contributed by atoms with van der Waals surface area (Å²) in [5.41, 5.74) is 0.910. The van der Waals surface area contributed by atoms with E-state index in [4.69, 9.17) is 10.2 Å². The summed E-state index contributed by atoms with van der Waals surface area (Å²) in [4.78, 5) is 14.7. The molecule has 110 valence electrons. The number of carboxylic acids is 1. The lowest BCUT2D eigenvalue weighted by molar-refractivity contribution is -0.138. The van der Waals surface area contributed by atoms with Gasteiger partial charge in [0.15, 0.2) is 0 Å². The first-order valence-electron chi connectivity index (χ1n) is 6.18. The van der Waals surface area contributed by atoms with Gasteiger partial charge in [0, 0.05) is 31.9 Å². The van der Waals surface area contributed by atoms with Gasteiger partial charge in [-0.1, -0.05) is 0 Å². The van der Waals surface area contributed by atoms with E-state index < -0.39 is 16.0 Å². The fourth-order valence-electron chi connectivity index (χ4n) is 2.20. The predicted octanol–water partition coefficient (Wildman–Crippen LogP) is -0.459. The van der Waals surface area contributed by atoms with E-state index in [1.165, 1.54) is 12.1 Å². The van der Waals surface area contributed by atoms with Crippen LogP contribution in [0.2, 0.25) is 0 Å². The highest BCUT2D eigenvalue weighted by Crippen LogP contribution is 2.18. The van der Waals surface area contributed by atoms with E-state index >= 15 is 0 Å². The van der Waals surface area contributed by atoms with Gasteiger partial charge in [-0.3, -0.25) is 9.69 Å². The molecular weight excluding hydrogens is 282 g/mol. The lowest BCUT2D eigenvalue weighted by atomic mass is 10.2. The van der Waals surface area contributed by atoms with Gasteiger partial charge in [-0.15, -0.1) is 0 Å². The zero-order valence-corrected chi connectivity index (χ0v) is 11.7. The van der Waals surface area contributed by atoms with Gasteiger partial charge in [0.05, 0.1) is 11.4 Å². The van der Waals surface area contributed by atoms with Crippen molar-refractivity contribution >= 4 is 21.7 Å². The Morgan fingerprint density at radius 2 is 1.70 bits per heavy atom. The minimum atomic E-state index is -3.66. The average molecular weight is 299 g/mol. The molecule has 1 aromatic rings. The zero-order chi connectivity index (χ0) is 14.8. The Balaban J connectivity index is 1.99. The molecule has 20 heavy (non-hydrogen) atoms. The molecule has 0 spiro atoms. The number of anilines is 1. The third-order valence-corrected chi connectivity index (χ3v) is 4.19. The van der Waals surface area contributed by atoms with E-state index in [9.17, 15) is 13.2 Å². The number of nitrogens with zero attached hydrogens (tertiary/aromatic N) is 2. The number of aliphatic carboxylic acids is 1. The highest BCUT2D eigenvalue weighted by atomic mass is 32.2. The zero-order valence-electron chi connectivity index (χ0n) is 10.9. The standard InChI is InChI=1S/C12H17N3O4S/c13-20(18,19)11-3-1-10(2-4-11)15-7-5-14(6-8-15)9-12(16)17/h1-4H,5-9H2,(H,16,17)(H2,13,18,19). The van der Waals surface area contributed by atoms with Crippen LogP contribution in [0.25, 0.3) is 0 Å². The Morgan fingerprint density at radius 3 is 2.15 bits per heavy atom. The van der Waals surface area contributed by atoms with E-state index in [2.05, 4.69) is 4.90 Å². The second-order valence-corrected chi connectivity index (χ2v) is 6.26. The first kappa shape index (κ1) is 14.8. The lowest BCUT2D eigenvalue weighted by Gasteiger charge is -2.35. The molecule has 0 aliphatic carbocycles. The molecular formula is C12H17N3O4S. The van der Waals surface area contributed by atoms with Crippen molar-refractivity contribution in [1.29, 1.82) is 0 Å². The van der Waals surface area contributed by atoms with Crippen LogP contribution in [0.15, 0.2) is 29.2 Å². The second kappa shape index (κ2) is 5.78. The normalized spacial score (nSPS) is 17.1. The molecule has 7 nitrogen and oxygen atoms in total. The monoisotopic (exact) mass is 299 g/mol. The van der Waals surface area contributed by atoms with Gasteiger partial charge in [0.2, 0.25) is 10.0 Å². The van der Waals surface area contributed by atoms with Crippen LogP contribution >= 0.6 is 0 Å². The minimum absolute atomic E-state index is 0.0538. The molecule has 0 aromatic heterocycles. The van der Waals surface area contributed by atoms with Crippen molar-refractivity contribution in [3.8, 4) is 0 Å². The second-order valence-electron chi connectivity index (χ2n) is 4.70. The van der Waals surface area contributed by atoms with Crippen molar-refractivity contribution in [2.45, 2.75) is 4.90 Å². The number of rotatable bonds is 4. The van der Waals surface area contributed by atoms with Gasteiger partial charge in [-0.25, -0.2) is 13.6 Å². The summed E-state index contributed by atoms with van der Waals surface area (Å²) in [5, 5.41) is 13.8. The van der Waals surface area contributed by atoms with Crippen LogP contribution in [0, 0.1) is 0 Å². The molecule has 0 bridgehead atoms. The summed E-state index contributed by atoms with van der Waals surface area (Å²) in [6.45, 7) is 2.81. The first-order valence-corrected chi connectivity index (χ1v) is 7.73. The van der Waals surface area contributed by atoms with Gasteiger partial charge < -0.3 is 10.0 Å². The molecule has 1 aliphatic heterocycles. The van der Waals surface area contributed by atoms with Crippen LogP contribution in [0.4, 0.5) is 5.69 Å². The Labute approximate surface area is 117 Å². The maximum Gasteiger partial charge on any atom is 0.317 e. The number of carbonyl (C=O) groups is 1. The fourth-order valence-corrected chi connectivity index (χ4v) is 2.72. The summed E-state index contributed by atoms with van der Waals surface area (Å²) in [5.74, 6) is -0.823. The molecule has 0 unspecified atom stereocenters. The van der Waals surface area contributed by atoms with Gasteiger partial charge in [-0.2, -0.15) is 0 Å². The van der Waals surface area contributed by atoms with E-state index in [1.807, 2.05) is 4.90 Å². The Hall–Kier alpha value is -1.64. The van der Waals surface area contributed by atoms with Crippen LogP contribution in [-0.4, -0.2) is 57.1 Å². The van der Waals surface area contributed by atoms with Crippen molar-refractivity contribution in [3.63, 3.8) is 0 Å². The fraction of sp³-hybridized carbons (Fsp3) is 0.417. The van der Waals surface area contributed by atoms with Gasteiger partial charge in [0.1, 0.15) is 0 Å². The van der Waals surface area contributed by atoms with Crippen LogP contribution in [-0.2, 0) is 14.8 Å². The molecule has 1 aliphatic rings. The number of nitrogens with two attached hydrogens (primary N) is 1. The summed E-state index contributed by atoms with van der Waals surface area (Å²) >= 11 is 0. The number of piperazine rings is 1. The van der Waals surface area contributed by atoms with Crippen molar-refractivity contribution in [2.75, 3.05) is 37.6 Å². The maximum atomic E-state index is 11.2. The predicted molar refractivity (Wildman–Crippen MR) is 74.1 cm³/mol. The van der Waals surface area contributed by atoms with E-state index in [0.29, 0.717) is 26.2 Å². The van der Waals surface area contributed by atoms with E-state index in [-0.39, 0.29) is 11.4 Å². The Kier molecular flexibility index (Phi) is 4.26. The Morgan fingerprint density at radius 1 is 1.15 bits per heavy atom. The molecule has 0 radical (unpaired) electrons. The molecule has 1 saturated heterocycles. The largest absolute Gasteiger partial charge is 0.480 e. The number of primary sulfonamides is 1. The first-order chi connectivity index (χ1) is 9.36. The maximum absolute atomic E-state index is 11.2. The van der Waals surface area contributed by atoms with Crippen LogP contribution in [0.1, 0.15) is 0 Å². The van der Waals surface area contributed by atoms with Crippen LogP contribution in [0.5, 0.6) is 0 Å². The number of hydrogen-bond donors (Lipinski definition) is 2. The highest BCUT2D eigenvalue weighted by Gasteiger charge is 2.19. The molecule has 2 rings (SSSR count). The van der Waals surface area contributed by atoms with E-state index in [1.54, 1.807) is 12.1 Å². The quantitative estimate of drug-likeness (QED) is 0.779. The van der Waals surface area contributed by atoms with Crippen molar-refractivity contribution < 1.29 is 18.3 Å². The summed E-state index contributed by atoms with van der Waals surface area (Å²) in [6.07, 6.45) is 0. The number of carboxylic acid groups (broad SMARTS) is 1. The number of sulfonamides is 1. The molecule has 0 amide bonds. The SMILES string of the molecule is NS(=O)(=O)c1ccc(N2CCN(CC(=O)O)CC2)cc1. The van der Waals surface area contributed by atoms with Crippen molar-refractivity contribution in [1.82, 2.24) is 4.90 Å². The summed E-state index contributed by atoms with van der Waals surface area (Å²) in [6, 6.07) is 6.39. The third-order valence-electron chi connectivity index (χ3n) is 3.26. The number of benzene rings is 1. The van der Waals surface area contributed by atoms with Crippen LogP contribution in [0.3, 0.4) is 0 Å². The number of hydrogen-bond acceptors (Lipinski definition) is 5. The summed E-state index contributed by atoms with van der Waals surface area (Å²) < 4.78 is 22.3. The molecule has 1 fully saturated rings. The van der Waals surface area contributed by atoms with Crippen molar-refractivity contribution in [2.24, 2.45) is 5.14 Å². The Bertz CT molecular complexity index is 577. The average Bonchev–Trinajstić information content (AvgIpc) is 2.38. The highest BCUT2D eigenvalue weighted by molar-refractivity contribution is 7.89. The molecule has 0 saturated carbocycles. The molecule has 1 heterocycles. The molecule has 3 N–H and O–H groups in total.